The van der Waals surface area contributed by atoms with Crippen LogP contribution in [0.2, 0.25) is 5.02 Å². The monoisotopic (exact) mass is 559 g/mol. The van der Waals surface area contributed by atoms with Crippen LogP contribution >= 0.6 is 27.5 Å². The average molecular weight is 561 g/mol. The molecule has 0 radical (unpaired) electrons. The molecule has 0 aromatic heterocycles. The van der Waals surface area contributed by atoms with Gasteiger partial charge in [-0.3, -0.25) is 9.59 Å². The number of nitrogens with one attached hydrogen (secondary N) is 2. The third kappa shape index (κ3) is 7.73. The van der Waals surface area contributed by atoms with Crippen LogP contribution in [0.25, 0.3) is 0 Å². The van der Waals surface area contributed by atoms with E-state index in [1.807, 2.05) is 6.92 Å². The summed E-state index contributed by atoms with van der Waals surface area (Å²) in [5, 5.41) is 7.30. The van der Waals surface area contributed by atoms with Crippen LogP contribution in [-0.4, -0.2) is 38.4 Å². The van der Waals surface area contributed by atoms with Gasteiger partial charge >= 0.3 is 0 Å². The summed E-state index contributed by atoms with van der Waals surface area (Å²) in [6.45, 7) is 1.99. The smallest absolute Gasteiger partial charge is 0.271 e. The molecule has 8 nitrogen and oxygen atoms in total. The van der Waals surface area contributed by atoms with E-state index in [1.165, 1.54) is 6.21 Å². The number of hydrazone groups is 1. The molecule has 35 heavy (non-hydrogen) atoms. The van der Waals surface area contributed by atoms with Crippen molar-refractivity contribution in [1.82, 2.24) is 5.43 Å². The fourth-order valence-corrected chi connectivity index (χ4v) is 3.61. The van der Waals surface area contributed by atoms with E-state index in [0.717, 1.165) is 0 Å². The van der Waals surface area contributed by atoms with E-state index in [9.17, 15) is 9.59 Å². The first-order chi connectivity index (χ1) is 16.9. The van der Waals surface area contributed by atoms with Gasteiger partial charge in [0.1, 0.15) is 5.75 Å². The molecular weight excluding hydrogens is 538 g/mol. The maximum Gasteiger partial charge on any atom is 0.271 e. The zero-order valence-electron chi connectivity index (χ0n) is 19.0. The summed E-state index contributed by atoms with van der Waals surface area (Å²) < 4.78 is 17.1. The summed E-state index contributed by atoms with van der Waals surface area (Å²) in [5.41, 5.74) is 4.16. The molecule has 0 saturated carbocycles. The summed E-state index contributed by atoms with van der Waals surface area (Å²) in [6.07, 6.45) is 1.47. The number of rotatable bonds is 10. The molecule has 2 N–H and O–H groups in total. The van der Waals surface area contributed by atoms with Crippen molar-refractivity contribution in [3.8, 4) is 17.2 Å². The van der Waals surface area contributed by atoms with Crippen molar-refractivity contribution in [2.24, 2.45) is 5.10 Å². The number of nitrogens with zero attached hydrogens (tertiary/aromatic N) is 1. The van der Waals surface area contributed by atoms with Gasteiger partial charge in [-0.15, -0.1) is 0 Å². The number of ether oxygens (including phenoxy) is 3. The highest BCUT2D eigenvalue weighted by molar-refractivity contribution is 9.10. The van der Waals surface area contributed by atoms with Crippen LogP contribution in [0.5, 0.6) is 17.2 Å². The zero-order valence-corrected chi connectivity index (χ0v) is 21.4. The molecule has 0 fully saturated rings. The van der Waals surface area contributed by atoms with Crippen LogP contribution < -0.4 is 25.0 Å². The summed E-state index contributed by atoms with van der Waals surface area (Å²) in [5.74, 6) is 0.784. The van der Waals surface area contributed by atoms with E-state index in [2.05, 4.69) is 31.8 Å². The Morgan fingerprint density at radius 2 is 1.77 bits per heavy atom. The molecule has 0 heterocycles. The molecule has 0 aliphatic carbocycles. The molecule has 182 valence electrons. The largest absolute Gasteiger partial charge is 0.497 e. The first-order valence-electron chi connectivity index (χ1n) is 10.5. The van der Waals surface area contributed by atoms with E-state index in [-0.39, 0.29) is 18.4 Å². The van der Waals surface area contributed by atoms with E-state index in [0.29, 0.717) is 50.2 Å². The minimum atomic E-state index is -0.371. The van der Waals surface area contributed by atoms with Gasteiger partial charge in [0.15, 0.2) is 18.1 Å². The van der Waals surface area contributed by atoms with Gasteiger partial charge in [-0.05, 0) is 89.1 Å². The molecule has 0 saturated heterocycles. The Morgan fingerprint density at radius 3 is 2.43 bits per heavy atom. The normalized spacial score (nSPS) is 10.6. The molecule has 0 atom stereocenters. The molecule has 0 aliphatic rings. The van der Waals surface area contributed by atoms with Gasteiger partial charge in [0.25, 0.3) is 11.8 Å². The van der Waals surface area contributed by atoms with E-state index in [4.69, 9.17) is 25.8 Å². The second-order valence-electron chi connectivity index (χ2n) is 7.03. The Labute approximate surface area is 216 Å². The molecule has 0 aliphatic heterocycles. The maximum atomic E-state index is 12.3. The number of anilines is 1. The van der Waals surface area contributed by atoms with Crippen LogP contribution in [0.1, 0.15) is 22.8 Å². The molecule has 10 heteroatoms. The van der Waals surface area contributed by atoms with Crippen molar-refractivity contribution >= 4 is 51.2 Å². The Hall–Kier alpha value is -3.56. The standard InChI is InChI=1S/C25H23BrClN3O5/c1-3-34-22-13-16(14-28-30-25(32)17-4-6-18(27)7-5-17)12-21(26)24(22)35-15-23(31)29-19-8-10-20(33-2)11-9-19/h4-14H,3,15H2,1-2H3,(H,29,31)(H,30,32)/b28-14+. The highest BCUT2D eigenvalue weighted by Gasteiger charge is 2.14. The Bertz CT molecular complexity index is 1200. The lowest BCUT2D eigenvalue weighted by Crippen LogP contribution is -2.20. The van der Waals surface area contributed by atoms with Crippen molar-refractivity contribution in [2.75, 3.05) is 25.6 Å². The van der Waals surface area contributed by atoms with Crippen LogP contribution in [0.3, 0.4) is 0 Å². The van der Waals surface area contributed by atoms with Crippen LogP contribution in [0.4, 0.5) is 5.69 Å². The molecule has 0 unspecified atom stereocenters. The minimum absolute atomic E-state index is 0.227. The maximum absolute atomic E-state index is 12.3. The highest BCUT2D eigenvalue weighted by Crippen LogP contribution is 2.36. The number of carbonyl (C=O) groups is 2. The summed E-state index contributed by atoms with van der Waals surface area (Å²) in [7, 11) is 1.57. The third-order valence-corrected chi connectivity index (χ3v) is 5.38. The van der Waals surface area contributed by atoms with Gasteiger partial charge in [-0.2, -0.15) is 5.10 Å². The summed E-state index contributed by atoms with van der Waals surface area (Å²) in [6, 6.07) is 16.9. The highest BCUT2D eigenvalue weighted by atomic mass is 79.9. The van der Waals surface area contributed by atoms with E-state index < -0.39 is 0 Å². The van der Waals surface area contributed by atoms with Crippen LogP contribution in [0.15, 0.2) is 70.2 Å². The van der Waals surface area contributed by atoms with Gasteiger partial charge in [-0.25, -0.2) is 5.43 Å². The average Bonchev–Trinajstić information content (AvgIpc) is 2.84. The van der Waals surface area contributed by atoms with Gasteiger partial charge in [0, 0.05) is 16.3 Å². The molecule has 2 amide bonds. The third-order valence-electron chi connectivity index (χ3n) is 4.54. The second-order valence-corrected chi connectivity index (χ2v) is 8.33. The number of amides is 2. The first-order valence-corrected chi connectivity index (χ1v) is 11.7. The Balaban J connectivity index is 1.64. The quantitative estimate of drug-likeness (QED) is 0.259. The molecule has 3 aromatic rings. The van der Waals surface area contributed by atoms with Gasteiger partial charge in [0.05, 0.1) is 24.4 Å². The number of halogens is 2. The Kier molecular flexibility index (Phi) is 9.51. The molecular formula is C25H23BrClN3O5. The predicted octanol–water partition coefficient (Wildman–Crippen LogP) is 5.29. The fraction of sp³-hybridized carbons (Fsp3) is 0.160. The van der Waals surface area contributed by atoms with E-state index in [1.54, 1.807) is 67.8 Å². The fourth-order valence-electron chi connectivity index (χ4n) is 2.91. The molecule has 3 aromatic carbocycles. The van der Waals surface area contributed by atoms with Crippen LogP contribution in [0, 0.1) is 0 Å². The summed E-state index contributed by atoms with van der Waals surface area (Å²) >= 11 is 9.29. The van der Waals surface area contributed by atoms with Crippen molar-refractivity contribution in [3.63, 3.8) is 0 Å². The van der Waals surface area contributed by atoms with Crippen LogP contribution in [-0.2, 0) is 4.79 Å². The predicted molar refractivity (Wildman–Crippen MR) is 139 cm³/mol. The van der Waals surface area contributed by atoms with Gasteiger partial charge in [-0.1, -0.05) is 11.6 Å². The van der Waals surface area contributed by atoms with Crippen molar-refractivity contribution in [1.29, 1.82) is 0 Å². The van der Waals surface area contributed by atoms with Crippen molar-refractivity contribution < 1.29 is 23.8 Å². The lowest BCUT2D eigenvalue weighted by Gasteiger charge is -2.14. The number of carbonyl (C=O) groups excluding carboxylic acids is 2. The number of hydrogen-bond acceptors (Lipinski definition) is 6. The minimum Gasteiger partial charge on any atom is -0.497 e. The lowest BCUT2D eigenvalue weighted by molar-refractivity contribution is -0.118. The first kappa shape index (κ1) is 26.1. The van der Waals surface area contributed by atoms with Crippen molar-refractivity contribution in [3.05, 3.63) is 81.3 Å². The Morgan fingerprint density at radius 1 is 1.06 bits per heavy atom. The number of methoxy groups -OCH3 is 1. The number of benzene rings is 3. The second kappa shape index (κ2) is 12.8. The molecule has 0 spiro atoms. The van der Waals surface area contributed by atoms with E-state index >= 15 is 0 Å². The zero-order chi connectivity index (χ0) is 25.2. The molecule has 0 bridgehead atoms. The SMILES string of the molecule is CCOc1cc(/C=N/NC(=O)c2ccc(Cl)cc2)cc(Br)c1OCC(=O)Nc1ccc(OC)cc1. The van der Waals surface area contributed by atoms with Gasteiger partial charge < -0.3 is 19.5 Å². The number of hydrogen-bond donors (Lipinski definition) is 2. The topological polar surface area (TPSA) is 98.3 Å². The molecule has 3 rings (SSSR count). The van der Waals surface area contributed by atoms with Gasteiger partial charge in [0.2, 0.25) is 0 Å². The van der Waals surface area contributed by atoms with Crippen molar-refractivity contribution in [2.45, 2.75) is 6.92 Å². The lowest BCUT2D eigenvalue weighted by atomic mass is 10.2. The summed E-state index contributed by atoms with van der Waals surface area (Å²) in [4.78, 5) is 24.5.